The van der Waals surface area contributed by atoms with Gasteiger partial charge in [-0.15, -0.1) is 0 Å². The first-order valence-corrected chi connectivity index (χ1v) is 6.99. The van der Waals surface area contributed by atoms with Crippen LogP contribution in [0, 0.1) is 0 Å². The normalized spacial score (nSPS) is 11.0. The maximum atomic E-state index is 12.9. The van der Waals surface area contributed by atoms with E-state index in [1.807, 2.05) is 60.0 Å². The molecule has 0 fully saturated rings. The van der Waals surface area contributed by atoms with E-state index in [4.69, 9.17) is 0 Å². The van der Waals surface area contributed by atoms with Gasteiger partial charge >= 0.3 is 0 Å². The summed E-state index contributed by atoms with van der Waals surface area (Å²) in [4.78, 5) is 6.71. The van der Waals surface area contributed by atoms with E-state index in [1.165, 1.54) is 0 Å². The van der Waals surface area contributed by atoms with Crippen molar-refractivity contribution in [2.24, 2.45) is 0 Å². The lowest BCUT2D eigenvalue weighted by Crippen LogP contribution is -2.08. The molecule has 3 aromatic rings. The van der Waals surface area contributed by atoms with Gasteiger partial charge < -0.3 is 9.47 Å². The quantitative estimate of drug-likeness (QED) is 0.727. The van der Waals surface area contributed by atoms with Gasteiger partial charge in [0.1, 0.15) is 12.5 Å². The van der Waals surface area contributed by atoms with Crippen LogP contribution in [-0.4, -0.2) is 30.3 Å². The second kappa shape index (κ2) is 5.56. The number of anilines is 1. The first-order valence-electron chi connectivity index (χ1n) is 6.99. The highest BCUT2D eigenvalue weighted by molar-refractivity contribution is 5.80. The van der Waals surface area contributed by atoms with E-state index >= 15 is 0 Å². The summed E-state index contributed by atoms with van der Waals surface area (Å²) in [6.07, 6.45) is 0. The Kier molecular flexibility index (Phi) is 3.60. The number of aryl methyl sites for hydroxylation is 1. The molecule has 0 saturated carbocycles. The van der Waals surface area contributed by atoms with Crippen LogP contribution >= 0.6 is 0 Å². The molecule has 2 aromatic carbocycles. The Balaban J connectivity index is 2.12. The van der Waals surface area contributed by atoms with Gasteiger partial charge in [-0.05, 0) is 36.4 Å². The van der Waals surface area contributed by atoms with Crippen LogP contribution in [0.4, 0.5) is 10.1 Å². The predicted octanol–water partition coefficient (Wildman–Crippen LogP) is 3.74. The summed E-state index contributed by atoms with van der Waals surface area (Å²) in [5.74, 6) is 0.819. The number of nitrogens with zero attached hydrogens (tertiary/aromatic N) is 3. The third kappa shape index (κ3) is 2.49. The van der Waals surface area contributed by atoms with Gasteiger partial charge in [0, 0.05) is 25.3 Å². The number of alkyl halides is 1. The molecule has 0 unspecified atom stereocenters. The molecule has 0 saturated heterocycles. The van der Waals surface area contributed by atoms with Crippen molar-refractivity contribution in [1.82, 2.24) is 9.55 Å². The zero-order valence-electron chi connectivity index (χ0n) is 12.3. The Hall–Kier alpha value is -2.36. The van der Waals surface area contributed by atoms with E-state index in [2.05, 4.69) is 17.1 Å². The van der Waals surface area contributed by atoms with Crippen molar-refractivity contribution in [2.45, 2.75) is 6.54 Å². The molecule has 0 aliphatic carbocycles. The predicted molar refractivity (Wildman–Crippen MR) is 85.5 cm³/mol. The molecule has 1 heterocycles. The third-order valence-corrected chi connectivity index (χ3v) is 3.60. The Morgan fingerprint density at radius 1 is 1.05 bits per heavy atom. The molecule has 0 amide bonds. The molecule has 21 heavy (non-hydrogen) atoms. The molecular weight excluding hydrogens is 265 g/mol. The van der Waals surface area contributed by atoms with Crippen molar-refractivity contribution in [2.75, 3.05) is 25.7 Å². The topological polar surface area (TPSA) is 21.1 Å². The standard InChI is InChI=1S/C17H18FN3/c1-20(2)14-9-7-13(8-10-14)17-19-15-5-3-4-6-16(15)21(17)12-11-18/h3-10H,11-12H2,1-2H3. The monoisotopic (exact) mass is 283 g/mol. The molecule has 0 radical (unpaired) electrons. The maximum Gasteiger partial charge on any atom is 0.141 e. The Labute approximate surface area is 123 Å². The fourth-order valence-electron chi connectivity index (χ4n) is 2.52. The lowest BCUT2D eigenvalue weighted by atomic mass is 10.2. The molecule has 0 aliphatic heterocycles. The number of hydrogen-bond acceptors (Lipinski definition) is 2. The van der Waals surface area contributed by atoms with Gasteiger partial charge in [-0.25, -0.2) is 9.37 Å². The second-order valence-corrected chi connectivity index (χ2v) is 5.21. The lowest BCUT2D eigenvalue weighted by Gasteiger charge is -2.13. The van der Waals surface area contributed by atoms with Crippen molar-refractivity contribution >= 4 is 16.7 Å². The number of hydrogen-bond donors (Lipinski definition) is 0. The Bertz CT molecular complexity index is 744. The summed E-state index contributed by atoms with van der Waals surface area (Å²) in [6.45, 7) is -0.0750. The summed E-state index contributed by atoms with van der Waals surface area (Å²) < 4.78 is 14.8. The van der Waals surface area contributed by atoms with Crippen LogP contribution < -0.4 is 4.90 Å². The minimum Gasteiger partial charge on any atom is -0.378 e. The molecule has 108 valence electrons. The van der Waals surface area contributed by atoms with Crippen molar-refractivity contribution in [1.29, 1.82) is 0 Å². The fraction of sp³-hybridized carbons (Fsp3) is 0.235. The molecule has 1 aromatic heterocycles. The van der Waals surface area contributed by atoms with E-state index in [1.54, 1.807) is 0 Å². The second-order valence-electron chi connectivity index (χ2n) is 5.21. The van der Waals surface area contributed by atoms with Gasteiger partial charge in [0.05, 0.1) is 17.6 Å². The minimum atomic E-state index is -0.400. The molecule has 3 nitrogen and oxygen atoms in total. The van der Waals surface area contributed by atoms with Crippen molar-refractivity contribution in [3.8, 4) is 11.4 Å². The van der Waals surface area contributed by atoms with Crippen LogP contribution in [0.3, 0.4) is 0 Å². The van der Waals surface area contributed by atoms with Crippen LogP contribution in [-0.2, 0) is 6.54 Å². The Morgan fingerprint density at radius 3 is 2.43 bits per heavy atom. The van der Waals surface area contributed by atoms with Crippen LogP contribution in [0.1, 0.15) is 0 Å². The molecule has 4 heteroatoms. The third-order valence-electron chi connectivity index (χ3n) is 3.60. The zero-order chi connectivity index (χ0) is 14.8. The number of para-hydroxylation sites is 2. The molecule has 0 spiro atoms. The number of imidazole rings is 1. The van der Waals surface area contributed by atoms with Crippen LogP contribution in [0.2, 0.25) is 0 Å². The minimum absolute atomic E-state index is 0.325. The van der Waals surface area contributed by atoms with E-state index < -0.39 is 6.67 Å². The molecule has 0 N–H and O–H groups in total. The van der Waals surface area contributed by atoms with Gasteiger partial charge in [0.2, 0.25) is 0 Å². The highest BCUT2D eigenvalue weighted by Gasteiger charge is 2.12. The Morgan fingerprint density at radius 2 is 1.76 bits per heavy atom. The van der Waals surface area contributed by atoms with E-state index in [-0.39, 0.29) is 0 Å². The first kappa shape index (κ1) is 13.6. The highest BCUT2D eigenvalue weighted by Crippen LogP contribution is 2.26. The summed E-state index contributed by atoms with van der Waals surface area (Å²) >= 11 is 0. The van der Waals surface area contributed by atoms with Gasteiger partial charge in [-0.2, -0.15) is 0 Å². The van der Waals surface area contributed by atoms with Crippen LogP contribution in [0.25, 0.3) is 22.4 Å². The molecule has 0 atom stereocenters. The summed E-state index contributed by atoms with van der Waals surface area (Å²) in [5.41, 5.74) is 4.01. The molecular formula is C17H18FN3. The van der Waals surface area contributed by atoms with Gasteiger partial charge in [0.25, 0.3) is 0 Å². The number of aromatic nitrogens is 2. The largest absolute Gasteiger partial charge is 0.378 e. The van der Waals surface area contributed by atoms with Gasteiger partial charge in [-0.1, -0.05) is 12.1 Å². The molecule has 3 rings (SSSR count). The van der Waals surface area contributed by atoms with Gasteiger partial charge in [-0.3, -0.25) is 0 Å². The summed E-state index contributed by atoms with van der Waals surface area (Å²) in [7, 11) is 4.01. The smallest absolute Gasteiger partial charge is 0.141 e. The average Bonchev–Trinajstić information content (AvgIpc) is 2.87. The van der Waals surface area contributed by atoms with E-state index in [0.717, 1.165) is 28.1 Å². The average molecular weight is 283 g/mol. The van der Waals surface area contributed by atoms with E-state index in [9.17, 15) is 4.39 Å². The zero-order valence-corrected chi connectivity index (χ0v) is 12.3. The maximum absolute atomic E-state index is 12.9. The number of rotatable bonds is 4. The number of fused-ring (bicyclic) bond motifs is 1. The summed E-state index contributed by atoms with van der Waals surface area (Å²) in [6, 6.07) is 16.0. The van der Waals surface area contributed by atoms with E-state index in [0.29, 0.717) is 6.54 Å². The first-order chi connectivity index (χ1) is 10.2. The molecule has 0 aliphatic rings. The van der Waals surface area contributed by atoms with Gasteiger partial charge in [0.15, 0.2) is 0 Å². The number of benzene rings is 2. The number of halogens is 1. The van der Waals surface area contributed by atoms with Crippen molar-refractivity contribution in [3.63, 3.8) is 0 Å². The van der Waals surface area contributed by atoms with Crippen LogP contribution in [0.5, 0.6) is 0 Å². The van der Waals surface area contributed by atoms with Crippen LogP contribution in [0.15, 0.2) is 48.5 Å². The molecule has 0 bridgehead atoms. The van der Waals surface area contributed by atoms with Crippen molar-refractivity contribution in [3.05, 3.63) is 48.5 Å². The lowest BCUT2D eigenvalue weighted by molar-refractivity contribution is 0.451. The fourth-order valence-corrected chi connectivity index (χ4v) is 2.52. The highest BCUT2D eigenvalue weighted by atomic mass is 19.1. The SMILES string of the molecule is CN(C)c1ccc(-c2nc3ccccc3n2CCF)cc1. The summed E-state index contributed by atoms with van der Waals surface area (Å²) in [5, 5.41) is 0. The van der Waals surface area contributed by atoms with Crippen molar-refractivity contribution < 1.29 is 4.39 Å².